The number of carbonyl (C=O) groups is 2. The summed E-state index contributed by atoms with van der Waals surface area (Å²) in [5.74, 6) is -0.563. The topological polar surface area (TPSA) is 63.4 Å². The Hall–Kier alpha value is -1.65. The van der Waals surface area contributed by atoms with Gasteiger partial charge in [0.05, 0.1) is 5.69 Å². The number of imide groups is 1. The fourth-order valence-electron chi connectivity index (χ4n) is 1.96. The summed E-state index contributed by atoms with van der Waals surface area (Å²) in [5, 5.41) is 3.81. The third-order valence-electron chi connectivity index (χ3n) is 2.75. The minimum atomic E-state index is -0.552. The normalized spacial score (nSPS) is 16.0. The van der Waals surface area contributed by atoms with Crippen molar-refractivity contribution in [2.24, 2.45) is 0 Å². The highest BCUT2D eigenvalue weighted by atomic mass is 16.5. The van der Waals surface area contributed by atoms with Crippen molar-refractivity contribution in [2.45, 2.75) is 46.1 Å². The molecule has 0 aliphatic carbocycles. The average molecular weight is 236 g/mol. The minimum Gasteiger partial charge on any atom is -0.350 e. The fourth-order valence-corrected chi connectivity index (χ4v) is 1.96. The Morgan fingerprint density at radius 2 is 1.76 bits per heavy atom. The zero-order chi connectivity index (χ0) is 13.0. The van der Waals surface area contributed by atoms with Gasteiger partial charge < -0.3 is 4.52 Å². The zero-order valence-corrected chi connectivity index (χ0v) is 10.7. The number of hydrogen-bond donors (Lipinski definition) is 0. The van der Waals surface area contributed by atoms with E-state index in [0.717, 1.165) is 0 Å². The molecule has 0 radical (unpaired) electrons. The Kier molecular flexibility index (Phi) is 2.38. The molecule has 1 aliphatic heterocycles. The van der Waals surface area contributed by atoms with Crippen molar-refractivity contribution in [1.29, 1.82) is 0 Å². The summed E-state index contributed by atoms with van der Waals surface area (Å²) in [6, 6.07) is 0. The van der Waals surface area contributed by atoms with Gasteiger partial charge in [-0.2, -0.15) is 0 Å². The Morgan fingerprint density at radius 1 is 1.18 bits per heavy atom. The molecule has 0 spiro atoms. The van der Waals surface area contributed by atoms with Crippen LogP contribution in [0.4, 0.5) is 0 Å². The Labute approximate surface area is 99.8 Å². The van der Waals surface area contributed by atoms with Crippen LogP contribution >= 0.6 is 0 Å². The van der Waals surface area contributed by atoms with E-state index in [2.05, 4.69) is 5.16 Å². The van der Waals surface area contributed by atoms with Gasteiger partial charge in [0.2, 0.25) is 5.76 Å². The number of nitrogens with zero attached hydrogens (tertiary/aromatic N) is 2. The third kappa shape index (κ3) is 1.57. The lowest BCUT2D eigenvalue weighted by molar-refractivity contribution is 0.0486. The second kappa shape index (κ2) is 3.42. The summed E-state index contributed by atoms with van der Waals surface area (Å²) < 4.78 is 5.01. The first-order chi connectivity index (χ1) is 7.75. The van der Waals surface area contributed by atoms with Gasteiger partial charge in [-0.05, 0) is 26.7 Å². The third-order valence-corrected chi connectivity index (χ3v) is 2.75. The van der Waals surface area contributed by atoms with E-state index >= 15 is 0 Å². The fraction of sp³-hybridized carbons (Fsp3) is 0.583. The highest BCUT2D eigenvalue weighted by Gasteiger charge is 2.47. The van der Waals surface area contributed by atoms with Crippen LogP contribution < -0.4 is 0 Å². The number of amides is 2. The Balaban J connectivity index is 2.55. The van der Waals surface area contributed by atoms with Gasteiger partial charge >= 0.3 is 5.91 Å². The molecule has 0 fully saturated rings. The lowest BCUT2D eigenvalue weighted by Gasteiger charge is -2.29. The molecule has 0 saturated carbocycles. The standard InChI is InChI=1S/C12H16N2O3/c1-6(2)8-7-9(17-13-8)11(16)14(10(7)15)12(3,4)5/h6H,1-5H3. The molecule has 2 rings (SSSR count). The molecule has 5 nitrogen and oxygen atoms in total. The van der Waals surface area contributed by atoms with Gasteiger partial charge in [0, 0.05) is 5.54 Å². The number of aromatic nitrogens is 1. The van der Waals surface area contributed by atoms with Gasteiger partial charge in [-0.15, -0.1) is 0 Å². The van der Waals surface area contributed by atoms with E-state index in [1.54, 1.807) is 0 Å². The van der Waals surface area contributed by atoms with Crippen molar-refractivity contribution < 1.29 is 14.1 Å². The first kappa shape index (κ1) is 11.8. The highest BCUT2D eigenvalue weighted by molar-refractivity contribution is 6.21. The number of rotatable bonds is 1. The van der Waals surface area contributed by atoms with Crippen molar-refractivity contribution in [3.63, 3.8) is 0 Å². The van der Waals surface area contributed by atoms with E-state index in [4.69, 9.17) is 4.52 Å². The molecule has 92 valence electrons. The van der Waals surface area contributed by atoms with Crippen LogP contribution in [0.25, 0.3) is 0 Å². The molecular formula is C12H16N2O3. The number of hydrogen-bond acceptors (Lipinski definition) is 4. The van der Waals surface area contributed by atoms with E-state index in [1.165, 1.54) is 4.90 Å². The Morgan fingerprint density at radius 3 is 2.24 bits per heavy atom. The molecule has 0 aromatic carbocycles. The van der Waals surface area contributed by atoms with Gasteiger partial charge in [-0.1, -0.05) is 19.0 Å². The summed E-state index contributed by atoms with van der Waals surface area (Å²) in [6.07, 6.45) is 0. The van der Waals surface area contributed by atoms with Gasteiger partial charge in [0.15, 0.2) is 0 Å². The van der Waals surface area contributed by atoms with Crippen LogP contribution in [0.3, 0.4) is 0 Å². The molecule has 2 amide bonds. The molecule has 0 atom stereocenters. The molecule has 0 N–H and O–H groups in total. The second-order valence-electron chi connectivity index (χ2n) is 5.54. The SMILES string of the molecule is CC(C)c1noc2c1C(=O)N(C(C)(C)C)C2=O. The van der Waals surface area contributed by atoms with E-state index < -0.39 is 11.4 Å². The monoisotopic (exact) mass is 236 g/mol. The maximum absolute atomic E-state index is 12.2. The lowest BCUT2D eigenvalue weighted by Crippen LogP contribution is -2.45. The quantitative estimate of drug-likeness (QED) is 0.701. The maximum atomic E-state index is 12.2. The van der Waals surface area contributed by atoms with Crippen molar-refractivity contribution in [3.05, 3.63) is 17.0 Å². The van der Waals surface area contributed by atoms with Crippen LogP contribution in [0.2, 0.25) is 0 Å². The van der Waals surface area contributed by atoms with Crippen molar-refractivity contribution in [1.82, 2.24) is 10.1 Å². The summed E-state index contributed by atoms with van der Waals surface area (Å²) in [5.41, 5.74) is 0.342. The van der Waals surface area contributed by atoms with Gasteiger partial charge in [-0.25, -0.2) is 0 Å². The van der Waals surface area contributed by atoms with Crippen LogP contribution in [-0.2, 0) is 0 Å². The van der Waals surface area contributed by atoms with E-state index in [1.807, 2.05) is 34.6 Å². The molecule has 0 bridgehead atoms. The lowest BCUT2D eigenvalue weighted by atomic mass is 10.0. The van der Waals surface area contributed by atoms with Crippen LogP contribution in [0, 0.1) is 0 Å². The second-order valence-corrected chi connectivity index (χ2v) is 5.54. The van der Waals surface area contributed by atoms with Crippen LogP contribution in [0.15, 0.2) is 4.52 Å². The van der Waals surface area contributed by atoms with E-state index in [9.17, 15) is 9.59 Å². The average Bonchev–Trinajstić information content (AvgIpc) is 2.66. The van der Waals surface area contributed by atoms with Crippen molar-refractivity contribution in [3.8, 4) is 0 Å². The van der Waals surface area contributed by atoms with Gasteiger partial charge in [0.25, 0.3) is 5.91 Å². The van der Waals surface area contributed by atoms with E-state index in [-0.39, 0.29) is 17.6 Å². The molecule has 1 aromatic heterocycles. The summed E-state index contributed by atoms with van der Waals surface area (Å²) >= 11 is 0. The molecule has 5 heteroatoms. The smallest absolute Gasteiger partial charge is 0.300 e. The van der Waals surface area contributed by atoms with Crippen LogP contribution in [-0.4, -0.2) is 27.4 Å². The summed E-state index contributed by atoms with van der Waals surface area (Å²) in [4.78, 5) is 25.5. The first-order valence-electron chi connectivity index (χ1n) is 5.63. The molecule has 17 heavy (non-hydrogen) atoms. The predicted molar refractivity (Wildman–Crippen MR) is 60.8 cm³/mol. The van der Waals surface area contributed by atoms with E-state index in [0.29, 0.717) is 11.3 Å². The molecule has 1 aromatic rings. The van der Waals surface area contributed by atoms with Crippen molar-refractivity contribution in [2.75, 3.05) is 0 Å². The molecule has 1 aliphatic rings. The van der Waals surface area contributed by atoms with Crippen LogP contribution in [0.5, 0.6) is 0 Å². The van der Waals surface area contributed by atoms with Gasteiger partial charge in [-0.3, -0.25) is 14.5 Å². The van der Waals surface area contributed by atoms with Crippen LogP contribution in [0.1, 0.15) is 67.1 Å². The van der Waals surface area contributed by atoms with Crippen molar-refractivity contribution >= 4 is 11.8 Å². The number of carbonyl (C=O) groups excluding carboxylic acids is 2. The molecular weight excluding hydrogens is 220 g/mol. The van der Waals surface area contributed by atoms with Gasteiger partial charge in [0.1, 0.15) is 5.56 Å². The Bertz CT molecular complexity index is 494. The zero-order valence-electron chi connectivity index (χ0n) is 10.7. The predicted octanol–water partition coefficient (Wildman–Crippen LogP) is 2.19. The summed E-state index contributed by atoms with van der Waals surface area (Å²) in [6.45, 7) is 9.27. The largest absolute Gasteiger partial charge is 0.350 e. The molecule has 2 heterocycles. The number of fused-ring (bicyclic) bond motifs is 1. The molecule has 0 saturated heterocycles. The first-order valence-corrected chi connectivity index (χ1v) is 5.63. The maximum Gasteiger partial charge on any atom is 0.300 e. The summed E-state index contributed by atoms with van der Waals surface area (Å²) in [7, 11) is 0. The minimum absolute atomic E-state index is 0.0548. The molecule has 0 unspecified atom stereocenters. The highest BCUT2D eigenvalue weighted by Crippen LogP contribution is 2.33.